The summed E-state index contributed by atoms with van der Waals surface area (Å²) >= 11 is 34.4. The molecule has 0 heterocycles. The van der Waals surface area contributed by atoms with Crippen LogP contribution in [0.25, 0.3) is 0 Å². The molecule has 28 heavy (non-hydrogen) atoms. The molecule has 4 fully saturated rings. The Bertz CT molecular complexity index is 675. The van der Waals surface area contributed by atoms with Crippen LogP contribution in [0.3, 0.4) is 0 Å². The van der Waals surface area contributed by atoms with Crippen LogP contribution in [0.15, 0.2) is 0 Å². The second kappa shape index (κ2) is 7.10. The molecule has 0 radical (unpaired) electrons. The zero-order chi connectivity index (χ0) is 21.2. The van der Waals surface area contributed by atoms with E-state index in [1.807, 2.05) is 0 Å². The maximum atomic E-state index is 12.4. The van der Waals surface area contributed by atoms with Crippen molar-refractivity contribution in [3.8, 4) is 0 Å². The zero-order valence-electron chi connectivity index (χ0n) is 14.7. The van der Waals surface area contributed by atoms with Gasteiger partial charge in [0.05, 0.1) is 0 Å². The molecule has 2 atom stereocenters. The first kappa shape index (κ1) is 22.8. The first-order chi connectivity index (χ1) is 12.6. The fourth-order valence-electron chi connectivity index (χ4n) is 5.67. The van der Waals surface area contributed by atoms with Gasteiger partial charge in [0.25, 0.3) is 19.4 Å². The van der Waals surface area contributed by atoms with Crippen molar-refractivity contribution >= 4 is 87.4 Å². The Morgan fingerprint density at radius 2 is 1.25 bits per heavy atom. The van der Waals surface area contributed by atoms with E-state index in [9.17, 15) is 14.4 Å². The van der Waals surface area contributed by atoms with Crippen LogP contribution in [0.4, 0.5) is 0 Å². The van der Waals surface area contributed by atoms with Crippen LogP contribution in [-0.2, 0) is 19.1 Å². The number of ether oxygens (including phenoxy) is 1. The Labute approximate surface area is 192 Å². The number of esters is 1. The highest BCUT2D eigenvalue weighted by atomic mass is 35.6. The van der Waals surface area contributed by atoms with Crippen LogP contribution in [-0.4, -0.2) is 42.0 Å². The monoisotopic (exact) mass is 512 g/mol. The number of carbonyl (C=O) groups is 3. The first-order valence-electron chi connectivity index (χ1n) is 8.56. The molecule has 4 aliphatic carbocycles. The fourth-order valence-corrected chi connectivity index (χ4v) is 5.95. The molecular formula is C16H18Cl6N2O4. The van der Waals surface area contributed by atoms with E-state index in [4.69, 9.17) is 74.3 Å². The summed E-state index contributed by atoms with van der Waals surface area (Å²) in [5, 5.41) is 5.65. The number of alkyl halides is 6. The lowest BCUT2D eigenvalue weighted by atomic mass is 9.48. The van der Waals surface area contributed by atoms with E-state index in [-0.39, 0.29) is 5.92 Å². The van der Waals surface area contributed by atoms with E-state index in [1.54, 1.807) is 0 Å². The molecule has 158 valence electrons. The predicted molar refractivity (Wildman–Crippen MR) is 108 cm³/mol. The van der Waals surface area contributed by atoms with E-state index in [1.165, 1.54) is 6.92 Å². The smallest absolute Gasteiger partial charge is 0.303 e. The van der Waals surface area contributed by atoms with Gasteiger partial charge in [-0.2, -0.15) is 0 Å². The molecule has 4 aliphatic rings. The van der Waals surface area contributed by atoms with Gasteiger partial charge in [-0.3, -0.25) is 14.4 Å². The van der Waals surface area contributed by atoms with Crippen LogP contribution < -0.4 is 10.6 Å². The van der Waals surface area contributed by atoms with E-state index in [2.05, 4.69) is 10.6 Å². The lowest BCUT2D eigenvalue weighted by Gasteiger charge is -2.65. The number of carbonyl (C=O) groups excluding carboxylic acids is 3. The van der Waals surface area contributed by atoms with Crippen LogP contribution in [0.1, 0.15) is 45.4 Å². The van der Waals surface area contributed by atoms with Crippen molar-refractivity contribution in [3.63, 3.8) is 0 Å². The van der Waals surface area contributed by atoms with E-state index >= 15 is 0 Å². The zero-order valence-corrected chi connectivity index (χ0v) is 19.3. The molecule has 4 bridgehead atoms. The molecule has 0 spiro atoms. The molecule has 4 rings (SSSR count). The molecule has 0 aromatic heterocycles. The molecule has 2 unspecified atom stereocenters. The molecule has 2 N–H and O–H groups in total. The van der Waals surface area contributed by atoms with Crippen LogP contribution in [0.2, 0.25) is 0 Å². The van der Waals surface area contributed by atoms with Gasteiger partial charge in [-0.05, 0) is 31.6 Å². The number of hydrogen-bond donors (Lipinski definition) is 2. The fraction of sp³-hybridized carbons (Fsp3) is 0.812. The second-order valence-corrected chi connectivity index (χ2v) is 12.8. The minimum Gasteiger partial charge on any atom is -0.459 e. The molecule has 0 aromatic rings. The minimum atomic E-state index is -2.15. The van der Waals surface area contributed by atoms with Gasteiger partial charge in [0.15, 0.2) is 0 Å². The van der Waals surface area contributed by atoms with Gasteiger partial charge in [0, 0.05) is 30.8 Å². The van der Waals surface area contributed by atoms with Crippen molar-refractivity contribution < 1.29 is 19.1 Å². The first-order valence-corrected chi connectivity index (χ1v) is 10.8. The van der Waals surface area contributed by atoms with E-state index < -0.39 is 42.0 Å². The van der Waals surface area contributed by atoms with Gasteiger partial charge in [-0.15, -0.1) is 0 Å². The highest BCUT2D eigenvalue weighted by Crippen LogP contribution is 2.61. The summed E-state index contributed by atoms with van der Waals surface area (Å²) in [6.45, 7) is 1.32. The van der Waals surface area contributed by atoms with Crippen molar-refractivity contribution in [2.45, 2.75) is 69.7 Å². The largest absolute Gasteiger partial charge is 0.459 e. The Hall–Kier alpha value is 0.150. The molecular weight excluding hydrogens is 497 g/mol. The number of rotatable bonds is 3. The number of amides is 2. The maximum Gasteiger partial charge on any atom is 0.303 e. The maximum absolute atomic E-state index is 12.4. The summed E-state index contributed by atoms with van der Waals surface area (Å²) < 4.78 is 1.40. The van der Waals surface area contributed by atoms with Crippen LogP contribution in [0.5, 0.6) is 0 Å². The van der Waals surface area contributed by atoms with Gasteiger partial charge >= 0.3 is 5.97 Å². The SMILES string of the molecule is CC(=O)OC12CC3CC(NC(=O)C(Cl)(Cl)Cl)(CC(NC(=O)C(Cl)(Cl)Cl)(C3)C1)C2. The predicted octanol–water partition coefficient (Wildman–Crippen LogP) is 3.74. The van der Waals surface area contributed by atoms with Crippen molar-refractivity contribution in [1.82, 2.24) is 10.6 Å². The molecule has 4 saturated carbocycles. The molecule has 2 amide bonds. The Morgan fingerprint density at radius 3 is 1.61 bits per heavy atom. The Kier molecular flexibility index (Phi) is 5.79. The lowest BCUT2D eigenvalue weighted by Crippen LogP contribution is -2.75. The number of nitrogens with one attached hydrogen (secondary N) is 2. The summed E-state index contributed by atoms with van der Waals surface area (Å²) in [4.78, 5) is 36.6. The number of hydrogen-bond acceptors (Lipinski definition) is 4. The molecule has 12 heteroatoms. The van der Waals surface area contributed by atoms with Crippen molar-refractivity contribution in [3.05, 3.63) is 0 Å². The normalized spacial score (nSPS) is 36.8. The van der Waals surface area contributed by atoms with E-state index in [0.29, 0.717) is 38.5 Å². The quantitative estimate of drug-likeness (QED) is 0.444. The highest BCUT2D eigenvalue weighted by molar-refractivity contribution is 6.76. The summed E-state index contributed by atoms with van der Waals surface area (Å²) in [5.41, 5.74) is -2.51. The third-order valence-corrected chi connectivity index (χ3v) is 6.68. The summed E-state index contributed by atoms with van der Waals surface area (Å²) in [6, 6.07) is 0. The average molecular weight is 515 g/mol. The number of halogens is 6. The molecule has 0 saturated heterocycles. The highest BCUT2D eigenvalue weighted by Gasteiger charge is 2.66. The van der Waals surface area contributed by atoms with Gasteiger partial charge in [-0.25, -0.2) is 0 Å². The van der Waals surface area contributed by atoms with E-state index in [0.717, 1.165) is 0 Å². The van der Waals surface area contributed by atoms with Crippen LogP contribution >= 0.6 is 69.6 Å². The topological polar surface area (TPSA) is 84.5 Å². The Balaban J connectivity index is 1.96. The minimum absolute atomic E-state index is 0.0574. The Morgan fingerprint density at radius 1 is 0.821 bits per heavy atom. The van der Waals surface area contributed by atoms with Crippen molar-refractivity contribution in [2.75, 3.05) is 0 Å². The standard InChI is InChI=1S/C16H18Cl6N2O4/c1-8(25)28-14-4-9-2-12(6-14,23-10(26)15(17,18)19)5-13(3-9,7-14)24-11(27)16(20,21)22/h9H,2-7H2,1H3,(H,23,26)(H,24,27). The van der Waals surface area contributed by atoms with Gasteiger partial charge in [0.1, 0.15) is 5.60 Å². The van der Waals surface area contributed by atoms with Gasteiger partial charge in [-0.1, -0.05) is 69.6 Å². The third-order valence-electron chi connectivity index (χ3n) is 5.65. The molecule has 0 aliphatic heterocycles. The van der Waals surface area contributed by atoms with Gasteiger partial charge in [0.2, 0.25) is 0 Å². The lowest BCUT2D eigenvalue weighted by molar-refractivity contribution is -0.197. The molecule has 6 nitrogen and oxygen atoms in total. The summed E-state index contributed by atoms with van der Waals surface area (Å²) in [5.74, 6) is -1.95. The average Bonchev–Trinajstić information content (AvgIpc) is 2.40. The van der Waals surface area contributed by atoms with Crippen molar-refractivity contribution in [1.29, 1.82) is 0 Å². The van der Waals surface area contributed by atoms with Crippen LogP contribution in [0, 0.1) is 5.92 Å². The van der Waals surface area contributed by atoms with Crippen molar-refractivity contribution in [2.24, 2.45) is 5.92 Å². The van der Waals surface area contributed by atoms with Gasteiger partial charge < -0.3 is 15.4 Å². The summed E-state index contributed by atoms with van der Waals surface area (Å²) in [6.07, 6.45) is 2.88. The summed E-state index contributed by atoms with van der Waals surface area (Å²) in [7, 11) is 0. The third kappa shape index (κ3) is 4.57. The second-order valence-electron chi connectivity index (χ2n) is 8.25. The molecule has 0 aromatic carbocycles.